The number of carbonyl (C=O) groups excluding carboxylic acids is 2. The minimum atomic E-state index is -0.512. The van der Waals surface area contributed by atoms with Crippen molar-refractivity contribution in [2.24, 2.45) is 46.3 Å². The van der Waals surface area contributed by atoms with E-state index in [1.54, 1.807) is 5.57 Å². The number of allylic oxidation sites excluding steroid dienone is 4. The van der Waals surface area contributed by atoms with Crippen molar-refractivity contribution in [2.45, 2.75) is 78.4 Å². The Morgan fingerprint density at radius 2 is 1.85 bits per heavy atom. The molecule has 0 aromatic rings. The smallest absolute Gasteiger partial charge is 0.334 e. The monoisotopic (exact) mass is 460 g/mol. The zero-order valence-electron chi connectivity index (χ0n) is 20.9. The Bertz CT molecular complexity index is 1140. The van der Waals surface area contributed by atoms with Gasteiger partial charge in [0.05, 0.1) is 5.41 Å². The first-order chi connectivity index (χ1) is 16.2. The lowest BCUT2D eigenvalue weighted by Gasteiger charge is -2.45. The lowest BCUT2D eigenvalue weighted by molar-refractivity contribution is -0.151. The van der Waals surface area contributed by atoms with E-state index < -0.39 is 5.41 Å². The summed E-state index contributed by atoms with van der Waals surface area (Å²) < 4.78 is 12.1. The summed E-state index contributed by atoms with van der Waals surface area (Å²) in [5.74, 6) is 1.57. The van der Waals surface area contributed by atoms with Gasteiger partial charge in [-0.05, 0) is 51.4 Å². The number of rotatable bonds is 0. The molecule has 10 atom stereocenters. The van der Waals surface area contributed by atoms with Crippen molar-refractivity contribution in [1.29, 1.82) is 0 Å². The Kier molecular flexibility index (Phi) is 4.09. The van der Waals surface area contributed by atoms with Gasteiger partial charge in [0.15, 0.2) is 0 Å². The fraction of sp³-hybridized carbons (Fsp3) is 0.667. The molecule has 0 aromatic heterocycles. The van der Waals surface area contributed by atoms with Gasteiger partial charge in [-0.1, -0.05) is 61.3 Å². The number of hydrogen-bond acceptors (Lipinski definition) is 4. The van der Waals surface area contributed by atoms with Crippen LogP contribution in [-0.4, -0.2) is 24.1 Å². The first-order valence-corrected chi connectivity index (χ1v) is 13.4. The van der Waals surface area contributed by atoms with Gasteiger partial charge < -0.3 is 9.47 Å². The van der Waals surface area contributed by atoms with Crippen LogP contribution in [-0.2, 0) is 19.1 Å². The summed E-state index contributed by atoms with van der Waals surface area (Å²) in [6.45, 7) is 13.3. The summed E-state index contributed by atoms with van der Waals surface area (Å²) >= 11 is 0. The molecular weight excluding hydrogens is 424 g/mol. The predicted octanol–water partition coefficient (Wildman–Crippen LogP) is 5.70. The summed E-state index contributed by atoms with van der Waals surface area (Å²) in [5.41, 5.74) is 5.62. The molecule has 4 fully saturated rings. The van der Waals surface area contributed by atoms with Gasteiger partial charge >= 0.3 is 11.9 Å². The van der Waals surface area contributed by atoms with E-state index in [-0.39, 0.29) is 47.3 Å². The van der Waals surface area contributed by atoms with Crippen molar-refractivity contribution >= 4 is 11.9 Å². The van der Waals surface area contributed by atoms with Crippen molar-refractivity contribution in [1.82, 2.24) is 0 Å². The third kappa shape index (κ3) is 2.27. The number of esters is 2. The topological polar surface area (TPSA) is 52.6 Å². The van der Waals surface area contributed by atoms with Gasteiger partial charge in [0.2, 0.25) is 0 Å². The van der Waals surface area contributed by atoms with Gasteiger partial charge in [-0.25, -0.2) is 4.79 Å². The highest BCUT2D eigenvalue weighted by Crippen LogP contribution is 2.75. The maximum Gasteiger partial charge on any atom is 0.334 e. The van der Waals surface area contributed by atoms with Gasteiger partial charge in [0.25, 0.3) is 0 Å². The zero-order chi connectivity index (χ0) is 23.7. The summed E-state index contributed by atoms with van der Waals surface area (Å²) in [6.07, 6.45) is 10.9. The lowest BCUT2D eigenvalue weighted by atomic mass is 9.56. The van der Waals surface area contributed by atoms with Gasteiger partial charge in [0.1, 0.15) is 12.2 Å². The van der Waals surface area contributed by atoms with Crippen LogP contribution in [0.4, 0.5) is 0 Å². The lowest BCUT2D eigenvalue weighted by Crippen LogP contribution is -2.45. The van der Waals surface area contributed by atoms with Crippen molar-refractivity contribution in [2.75, 3.05) is 0 Å². The standard InChI is InChI=1S/C30H36O4/c1-14-7-6-8-19-17(4)26-23(11-20(14)19)30(28(32)34-26)13-29-12-21-18(5)27(31)33-24(21)9-15(2)25(29)22(30)10-16(29)3/h10-11,14,17,19,21-24,26H,5-9,12-13H2,1-4H3/t14-,17+,19+,21+,22+,23-,24+,26+,29-,30+/m0/s1. The van der Waals surface area contributed by atoms with Crippen LogP contribution >= 0.6 is 0 Å². The van der Waals surface area contributed by atoms with Crippen LogP contribution in [0, 0.1) is 46.3 Å². The Balaban J connectivity index is 1.38. The summed E-state index contributed by atoms with van der Waals surface area (Å²) in [7, 11) is 0. The second-order valence-corrected chi connectivity index (χ2v) is 12.7. The number of fused-ring (bicyclic) bond motifs is 5. The molecular formula is C30H36O4. The largest absolute Gasteiger partial charge is 0.461 e. The molecule has 7 rings (SSSR count). The molecule has 0 aromatic carbocycles. The van der Waals surface area contributed by atoms with Crippen LogP contribution in [0.5, 0.6) is 0 Å². The van der Waals surface area contributed by atoms with Crippen molar-refractivity contribution in [3.63, 3.8) is 0 Å². The van der Waals surface area contributed by atoms with Gasteiger partial charge in [-0.2, -0.15) is 0 Å². The Morgan fingerprint density at radius 1 is 1.06 bits per heavy atom. The van der Waals surface area contributed by atoms with Crippen LogP contribution in [0.2, 0.25) is 0 Å². The van der Waals surface area contributed by atoms with Crippen molar-refractivity contribution in [3.8, 4) is 0 Å². The number of ether oxygens (including phenoxy) is 2. The Labute approximate surface area is 202 Å². The minimum Gasteiger partial charge on any atom is -0.461 e. The zero-order valence-corrected chi connectivity index (χ0v) is 20.9. The average Bonchev–Trinajstić information content (AvgIpc) is 3.40. The van der Waals surface area contributed by atoms with E-state index in [2.05, 4.69) is 46.4 Å². The summed E-state index contributed by atoms with van der Waals surface area (Å²) in [5, 5.41) is 0. The molecule has 5 aliphatic carbocycles. The van der Waals surface area contributed by atoms with E-state index in [1.165, 1.54) is 36.0 Å². The highest BCUT2D eigenvalue weighted by atomic mass is 16.6. The third-order valence-electron chi connectivity index (χ3n) is 11.3. The molecule has 2 saturated carbocycles. The number of hydrogen-bond donors (Lipinski definition) is 0. The molecule has 0 N–H and O–H groups in total. The molecule has 4 nitrogen and oxygen atoms in total. The minimum absolute atomic E-state index is 0.0136. The molecule has 4 heteroatoms. The molecule has 0 amide bonds. The molecule has 2 bridgehead atoms. The van der Waals surface area contributed by atoms with E-state index in [1.807, 2.05) is 0 Å². The second-order valence-electron chi connectivity index (χ2n) is 12.7. The molecule has 34 heavy (non-hydrogen) atoms. The van der Waals surface area contributed by atoms with Gasteiger partial charge in [0, 0.05) is 41.1 Å². The molecule has 2 aliphatic heterocycles. The van der Waals surface area contributed by atoms with E-state index in [4.69, 9.17) is 9.47 Å². The molecule has 7 aliphatic rings. The maximum absolute atomic E-state index is 14.0. The van der Waals surface area contributed by atoms with E-state index >= 15 is 0 Å². The van der Waals surface area contributed by atoms with Gasteiger partial charge in [-0.3, -0.25) is 4.79 Å². The van der Waals surface area contributed by atoms with Crippen LogP contribution < -0.4 is 0 Å². The SMILES string of the molecule is C=C1C(=O)O[C@@H]2CC(C)=C3[C@H]4C=C(C)[C@]3(C[C@H]12)C[C@@]41C(=O)O[C@@H]2[C@H](C)[C@H]3CCC[C@H](C)C3=C[C@@H]21. The number of carbonyl (C=O) groups is 2. The molecule has 0 radical (unpaired) electrons. The van der Waals surface area contributed by atoms with E-state index in [0.717, 1.165) is 19.3 Å². The second kappa shape index (κ2) is 6.56. The van der Waals surface area contributed by atoms with Gasteiger partial charge in [-0.15, -0.1) is 0 Å². The predicted molar refractivity (Wildman–Crippen MR) is 128 cm³/mol. The molecule has 0 unspecified atom stereocenters. The fourth-order valence-corrected chi connectivity index (χ4v) is 9.74. The van der Waals surface area contributed by atoms with Crippen molar-refractivity contribution in [3.05, 3.63) is 46.6 Å². The third-order valence-corrected chi connectivity index (χ3v) is 11.3. The maximum atomic E-state index is 14.0. The van der Waals surface area contributed by atoms with Crippen LogP contribution in [0.25, 0.3) is 0 Å². The molecule has 2 saturated heterocycles. The van der Waals surface area contributed by atoms with Crippen LogP contribution in [0.1, 0.15) is 66.2 Å². The molecule has 1 spiro atoms. The highest BCUT2D eigenvalue weighted by molar-refractivity contribution is 5.91. The van der Waals surface area contributed by atoms with Crippen LogP contribution in [0.3, 0.4) is 0 Å². The Morgan fingerprint density at radius 3 is 2.65 bits per heavy atom. The summed E-state index contributed by atoms with van der Waals surface area (Å²) in [6, 6.07) is 0. The normalized spacial score (nSPS) is 50.8. The van der Waals surface area contributed by atoms with Crippen molar-refractivity contribution < 1.29 is 19.1 Å². The Hall–Kier alpha value is -2.10. The highest BCUT2D eigenvalue weighted by Gasteiger charge is 2.74. The first-order valence-electron chi connectivity index (χ1n) is 13.4. The molecule has 2 heterocycles. The average molecular weight is 461 g/mol. The van der Waals surface area contributed by atoms with Crippen LogP contribution in [0.15, 0.2) is 46.6 Å². The van der Waals surface area contributed by atoms with E-state index in [0.29, 0.717) is 23.3 Å². The molecule has 180 valence electrons. The fourth-order valence-electron chi connectivity index (χ4n) is 9.74. The summed E-state index contributed by atoms with van der Waals surface area (Å²) in [4.78, 5) is 26.4. The quantitative estimate of drug-likeness (QED) is 0.264. The first kappa shape index (κ1) is 21.2. The van der Waals surface area contributed by atoms with E-state index in [9.17, 15) is 9.59 Å².